The molecular weight excluding hydrogens is 257 g/mol. The van der Waals surface area contributed by atoms with E-state index in [0.717, 1.165) is 18.4 Å². The van der Waals surface area contributed by atoms with Crippen LogP contribution in [0, 0.1) is 5.82 Å². The zero-order valence-electron chi connectivity index (χ0n) is 10.1. The number of nitrogens with zero attached hydrogens (tertiary/aromatic N) is 1. The molecule has 1 aromatic rings. The predicted octanol–water partition coefficient (Wildman–Crippen LogP) is 2.92. The summed E-state index contributed by atoms with van der Waals surface area (Å²) < 4.78 is 13.0. The first kappa shape index (κ1) is 13.3. The second-order valence-corrected chi connectivity index (χ2v) is 5.06. The van der Waals surface area contributed by atoms with Crippen LogP contribution >= 0.6 is 11.6 Å². The Hall–Kier alpha value is -1.13. The molecule has 98 valence electrons. The third-order valence-electron chi connectivity index (χ3n) is 3.24. The van der Waals surface area contributed by atoms with Gasteiger partial charge in [-0.15, -0.1) is 0 Å². The van der Waals surface area contributed by atoms with Gasteiger partial charge in [0.1, 0.15) is 11.9 Å². The first-order chi connectivity index (χ1) is 8.49. The molecule has 0 amide bonds. The predicted molar refractivity (Wildman–Crippen MR) is 67.1 cm³/mol. The molecule has 1 saturated carbocycles. The quantitative estimate of drug-likeness (QED) is 0.895. The maximum atomic E-state index is 13.0. The SMILES string of the molecule is CC(C(=O)O)N(Cc1ccc(F)cc1Cl)C1CC1. The number of halogens is 2. The van der Waals surface area contributed by atoms with E-state index in [4.69, 9.17) is 16.7 Å². The minimum Gasteiger partial charge on any atom is -0.480 e. The van der Waals surface area contributed by atoms with Crippen molar-refractivity contribution in [3.05, 3.63) is 34.6 Å². The Bertz CT molecular complexity index is 462. The lowest BCUT2D eigenvalue weighted by molar-refractivity contribution is -0.143. The van der Waals surface area contributed by atoms with Crippen LogP contribution < -0.4 is 0 Å². The van der Waals surface area contributed by atoms with Gasteiger partial charge in [0.25, 0.3) is 0 Å². The highest BCUT2D eigenvalue weighted by Crippen LogP contribution is 2.31. The molecule has 18 heavy (non-hydrogen) atoms. The van der Waals surface area contributed by atoms with E-state index in [1.807, 2.05) is 4.90 Å². The van der Waals surface area contributed by atoms with Gasteiger partial charge in [-0.05, 0) is 37.5 Å². The highest BCUT2D eigenvalue weighted by atomic mass is 35.5. The molecule has 0 bridgehead atoms. The summed E-state index contributed by atoms with van der Waals surface area (Å²) >= 11 is 5.97. The highest BCUT2D eigenvalue weighted by Gasteiger charge is 2.35. The van der Waals surface area contributed by atoms with E-state index in [0.29, 0.717) is 17.6 Å². The molecule has 1 atom stereocenters. The van der Waals surface area contributed by atoms with Gasteiger partial charge in [0.15, 0.2) is 0 Å². The average molecular weight is 272 g/mol. The molecular formula is C13H15ClFNO2. The van der Waals surface area contributed by atoms with Gasteiger partial charge in [0.05, 0.1) is 0 Å². The molecule has 0 saturated heterocycles. The molecule has 0 aromatic heterocycles. The Morgan fingerprint density at radius 2 is 2.28 bits per heavy atom. The zero-order valence-corrected chi connectivity index (χ0v) is 10.8. The maximum absolute atomic E-state index is 13.0. The lowest BCUT2D eigenvalue weighted by Crippen LogP contribution is -2.40. The van der Waals surface area contributed by atoms with Crippen molar-refractivity contribution in [1.82, 2.24) is 4.90 Å². The van der Waals surface area contributed by atoms with Gasteiger partial charge < -0.3 is 5.11 Å². The molecule has 0 radical (unpaired) electrons. The van der Waals surface area contributed by atoms with Crippen molar-refractivity contribution in [1.29, 1.82) is 0 Å². The number of aliphatic carboxylic acids is 1. The summed E-state index contributed by atoms with van der Waals surface area (Å²) in [6, 6.07) is 3.96. The molecule has 1 aromatic carbocycles. The summed E-state index contributed by atoms with van der Waals surface area (Å²) in [6.45, 7) is 2.11. The number of benzene rings is 1. The number of carbonyl (C=O) groups is 1. The summed E-state index contributed by atoms with van der Waals surface area (Å²) in [7, 11) is 0. The van der Waals surface area contributed by atoms with Crippen LogP contribution in [-0.4, -0.2) is 28.1 Å². The van der Waals surface area contributed by atoms with Crippen molar-refractivity contribution in [3.63, 3.8) is 0 Å². The van der Waals surface area contributed by atoms with Crippen LogP contribution in [0.5, 0.6) is 0 Å². The lowest BCUT2D eigenvalue weighted by atomic mass is 10.1. The van der Waals surface area contributed by atoms with Crippen molar-refractivity contribution in [2.75, 3.05) is 0 Å². The molecule has 1 unspecified atom stereocenters. The van der Waals surface area contributed by atoms with E-state index in [9.17, 15) is 9.18 Å². The Balaban J connectivity index is 2.15. The summed E-state index contributed by atoms with van der Waals surface area (Å²) in [5.74, 6) is -1.23. The monoisotopic (exact) mass is 271 g/mol. The van der Waals surface area contributed by atoms with Gasteiger partial charge in [-0.25, -0.2) is 4.39 Å². The minimum atomic E-state index is -0.847. The number of rotatable bonds is 5. The largest absolute Gasteiger partial charge is 0.480 e. The summed E-state index contributed by atoms with van der Waals surface area (Å²) in [6.07, 6.45) is 2.02. The summed E-state index contributed by atoms with van der Waals surface area (Å²) in [4.78, 5) is 13.0. The fraction of sp³-hybridized carbons (Fsp3) is 0.462. The van der Waals surface area contributed by atoms with E-state index in [-0.39, 0.29) is 5.82 Å². The van der Waals surface area contributed by atoms with Crippen LogP contribution in [0.25, 0.3) is 0 Å². The number of carboxylic acid groups (broad SMARTS) is 1. The van der Waals surface area contributed by atoms with Crippen LogP contribution in [0.3, 0.4) is 0 Å². The van der Waals surface area contributed by atoms with Crippen LogP contribution in [-0.2, 0) is 11.3 Å². The molecule has 2 rings (SSSR count). The smallest absolute Gasteiger partial charge is 0.320 e. The third kappa shape index (κ3) is 3.00. The molecule has 1 N–H and O–H groups in total. The van der Waals surface area contributed by atoms with Crippen molar-refractivity contribution in [3.8, 4) is 0 Å². The van der Waals surface area contributed by atoms with Gasteiger partial charge in [0, 0.05) is 17.6 Å². The highest BCUT2D eigenvalue weighted by molar-refractivity contribution is 6.31. The van der Waals surface area contributed by atoms with Crippen LogP contribution in [0.4, 0.5) is 4.39 Å². The number of hydrogen-bond donors (Lipinski definition) is 1. The molecule has 3 nitrogen and oxygen atoms in total. The first-order valence-corrected chi connectivity index (χ1v) is 6.29. The molecule has 5 heteroatoms. The molecule has 1 fully saturated rings. The summed E-state index contributed by atoms with van der Waals surface area (Å²) in [5.41, 5.74) is 0.762. The van der Waals surface area contributed by atoms with Gasteiger partial charge in [-0.2, -0.15) is 0 Å². The topological polar surface area (TPSA) is 40.5 Å². The molecule has 0 heterocycles. The van der Waals surface area contributed by atoms with E-state index < -0.39 is 12.0 Å². The van der Waals surface area contributed by atoms with Gasteiger partial charge >= 0.3 is 5.97 Å². The van der Waals surface area contributed by atoms with Gasteiger partial charge in [-0.1, -0.05) is 17.7 Å². The van der Waals surface area contributed by atoms with Crippen LogP contribution in [0.15, 0.2) is 18.2 Å². The summed E-state index contributed by atoms with van der Waals surface area (Å²) in [5, 5.41) is 9.43. The second-order valence-electron chi connectivity index (χ2n) is 4.65. The first-order valence-electron chi connectivity index (χ1n) is 5.91. The molecule has 1 aliphatic carbocycles. The normalized spacial score (nSPS) is 16.9. The van der Waals surface area contributed by atoms with E-state index in [1.54, 1.807) is 13.0 Å². The zero-order chi connectivity index (χ0) is 13.3. The maximum Gasteiger partial charge on any atom is 0.320 e. The van der Waals surface area contributed by atoms with Crippen molar-refractivity contribution >= 4 is 17.6 Å². The minimum absolute atomic E-state index is 0.303. The van der Waals surface area contributed by atoms with Gasteiger partial charge in [-0.3, -0.25) is 9.69 Å². The molecule has 0 aliphatic heterocycles. The van der Waals surface area contributed by atoms with Crippen molar-refractivity contribution < 1.29 is 14.3 Å². The molecule has 1 aliphatic rings. The van der Waals surface area contributed by atoms with Crippen LogP contribution in [0.1, 0.15) is 25.3 Å². The van der Waals surface area contributed by atoms with Crippen molar-refractivity contribution in [2.24, 2.45) is 0 Å². The second kappa shape index (κ2) is 5.24. The lowest BCUT2D eigenvalue weighted by Gasteiger charge is -2.26. The third-order valence-corrected chi connectivity index (χ3v) is 3.59. The Labute approximate surface area is 110 Å². The fourth-order valence-corrected chi connectivity index (χ4v) is 2.20. The van der Waals surface area contributed by atoms with E-state index in [2.05, 4.69) is 0 Å². The van der Waals surface area contributed by atoms with Crippen LogP contribution in [0.2, 0.25) is 5.02 Å². The Morgan fingerprint density at radius 3 is 2.78 bits per heavy atom. The fourth-order valence-electron chi connectivity index (χ4n) is 1.98. The van der Waals surface area contributed by atoms with Gasteiger partial charge in [0.2, 0.25) is 0 Å². The standard InChI is InChI=1S/C13H15ClFNO2/c1-8(13(17)18)16(11-4-5-11)7-9-2-3-10(15)6-12(9)14/h2-3,6,8,11H,4-5,7H2,1H3,(H,17,18). The van der Waals surface area contributed by atoms with Crippen molar-refractivity contribution in [2.45, 2.75) is 38.4 Å². The number of hydrogen-bond acceptors (Lipinski definition) is 2. The average Bonchev–Trinajstić information content (AvgIpc) is 3.11. The number of carboxylic acids is 1. The Morgan fingerprint density at radius 1 is 1.61 bits per heavy atom. The van der Waals surface area contributed by atoms with E-state index >= 15 is 0 Å². The molecule has 0 spiro atoms. The Kier molecular flexibility index (Phi) is 3.88. The van der Waals surface area contributed by atoms with E-state index in [1.165, 1.54) is 12.1 Å².